The van der Waals surface area contributed by atoms with Crippen LogP contribution in [-0.4, -0.2) is 57.8 Å². The molecule has 0 atom stereocenters. The second-order valence-corrected chi connectivity index (χ2v) is 16.6. The number of rotatable bonds is 9. The van der Waals surface area contributed by atoms with E-state index in [-0.39, 0.29) is 58.5 Å². The molecule has 0 spiro atoms. The van der Waals surface area contributed by atoms with Crippen molar-refractivity contribution in [1.29, 1.82) is 0 Å². The lowest BCUT2D eigenvalue weighted by Crippen LogP contribution is -2.13. The van der Waals surface area contributed by atoms with Crippen LogP contribution in [0.2, 0.25) is 0 Å². The molecule has 0 amide bonds. The molecule has 6 rings (SSSR count). The van der Waals surface area contributed by atoms with E-state index < -0.39 is 0 Å². The van der Waals surface area contributed by atoms with Gasteiger partial charge in [-0.2, -0.15) is 0 Å². The fourth-order valence-corrected chi connectivity index (χ4v) is 5.59. The molecular formula is C58H72O11. The molecule has 0 heterocycles. The highest BCUT2D eigenvalue weighted by atomic mass is 16.5. The van der Waals surface area contributed by atoms with Gasteiger partial charge in [0.1, 0.15) is 46.2 Å². The van der Waals surface area contributed by atoms with Crippen molar-refractivity contribution in [3.8, 4) is 11.5 Å². The molecule has 5 aromatic carbocycles. The van der Waals surface area contributed by atoms with Crippen LogP contribution in [0.25, 0.3) is 10.8 Å². The van der Waals surface area contributed by atoms with Gasteiger partial charge in [0.25, 0.3) is 0 Å². The maximum Gasteiger partial charge on any atom is 0.159 e. The summed E-state index contributed by atoms with van der Waals surface area (Å²) in [6.45, 7) is 19.9. The highest BCUT2D eigenvalue weighted by Crippen LogP contribution is 2.24. The Bertz CT molecular complexity index is 2300. The lowest BCUT2D eigenvalue weighted by atomic mass is 9.87. The largest absolute Gasteiger partial charge is 0.457 e. The SMILES string of the molecule is CC(=O)C1CCCCC1.CC(=O)CC(C)=O.CC(=O)c1ccc(Oc2ccc(C(C)=O)cc2)cc1.CC(=O)c1ccc2ccccc2c1.CC(=O)c1ccccc1.CC(C)=O.CC(C)=O.CC(C)=O. The number of hydrogen-bond acceptors (Lipinski definition) is 11. The number of ketones is 10. The third-order valence-corrected chi connectivity index (χ3v) is 8.77. The first-order chi connectivity index (χ1) is 32.3. The van der Waals surface area contributed by atoms with Crippen LogP contribution in [0, 0.1) is 5.92 Å². The summed E-state index contributed by atoms with van der Waals surface area (Å²) in [6, 6.07) is 36.9. The van der Waals surface area contributed by atoms with E-state index in [1.807, 2.05) is 72.8 Å². The van der Waals surface area contributed by atoms with Crippen molar-refractivity contribution in [2.24, 2.45) is 5.92 Å². The Morgan fingerprint density at radius 3 is 0.986 bits per heavy atom. The van der Waals surface area contributed by atoms with Crippen LogP contribution in [0.3, 0.4) is 0 Å². The van der Waals surface area contributed by atoms with E-state index in [1.54, 1.807) is 69.3 Å². The summed E-state index contributed by atoms with van der Waals surface area (Å²) in [4.78, 5) is 103. The Morgan fingerprint density at radius 1 is 0.377 bits per heavy atom. The van der Waals surface area contributed by atoms with Crippen molar-refractivity contribution in [3.63, 3.8) is 0 Å². The van der Waals surface area contributed by atoms with Gasteiger partial charge in [-0.15, -0.1) is 0 Å². The molecule has 0 saturated heterocycles. The first-order valence-electron chi connectivity index (χ1n) is 22.6. The second-order valence-electron chi connectivity index (χ2n) is 16.6. The predicted molar refractivity (Wildman–Crippen MR) is 276 cm³/mol. The summed E-state index contributed by atoms with van der Waals surface area (Å²) in [6.07, 6.45) is 6.25. The fraction of sp³-hybridized carbons (Fsp3) is 0.345. The van der Waals surface area contributed by atoms with Crippen molar-refractivity contribution in [1.82, 2.24) is 0 Å². The van der Waals surface area contributed by atoms with Gasteiger partial charge in [-0.25, -0.2) is 0 Å². The lowest BCUT2D eigenvalue weighted by molar-refractivity contribution is -0.125. The van der Waals surface area contributed by atoms with Crippen molar-refractivity contribution in [3.05, 3.63) is 144 Å². The number of benzene rings is 5. The third kappa shape index (κ3) is 35.7. The number of fused-ring (bicyclic) bond motifs is 1. The minimum atomic E-state index is -0.0625. The summed E-state index contributed by atoms with van der Waals surface area (Å²) in [5.74, 6) is 2.78. The minimum Gasteiger partial charge on any atom is -0.457 e. The number of carbonyl (C=O) groups excluding carboxylic acids is 10. The summed E-state index contributed by atoms with van der Waals surface area (Å²) in [7, 11) is 0. The van der Waals surface area contributed by atoms with Gasteiger partial charge in [-0.1, -0.05) is 86.0 Å². The van der Waals surface area contributed by atoms with Crippen molar-refractivity contribution in [2.45, 2.75) is 129 Å². The van der Waals surface area contributed by atoms with Gasteiger partial charge < -0.3 is 19.1 Å². The molecule has 1 aliphatic rings. The maximum absolute atomic E-state index is 11.1. The van der Waals surface area contributed by atoms with Crippen LogP contribution < -0.4 is 4.74 Å². The van der Waals surface area contributed by atoms with Crippen LogP contribution >= 0.6 is 0 Å². The normalized spacial score (nSPS) is 10.7. The summed E-state index contributed by atoms with van der Waals surface area (Å²) >= 11 is 0. The molecular weight excluding hydrogens is 873 g/mol. The van der Waals surface area contributed by atoms with Gasteiger partial charge in [-0.3, -0.25) is 33.6 Å². The molecule has 0 radical (unpaired) electrons. The second kappa shape index (κ2) is 36.9. The molecule has 11 heteroatoms. The van der Waals surface area contributed by atoms with Crippen molar-refractivity contribution < 1.29 is 52.7 Å². The zero-order valence-electron chi connectivity index (χ0n) is 42.9. The number of hydrogen-bond donors (Lipinski definition) is 0. The van der Waals surface area contributed by atoms with Gasteiger partial charge in [0.05, 0.1) is 6.42 Å². The van der Waals surface area contributed by atoms with E-state index in [0.29, 0.717) is 34.3 Å². The average molecular weight is 945 g/mol. The van der Waals surface area contributed by atoms with Crippen molar-refractivity contribution >= 4 is 68.6 Å². The molecule has 1 aliphatic carbocycles. The van der Waals surface area contributed by atoms with Gasteiger partial charge in [0.15, 0.2) is 23.1 Å². The molecule has 1 fully saturated rings. The monoisotopic (exact) mass is 945 g/mol. The van der Waals surface area contributed by atoms with Crippen LogP contribution in [0.5, 0.6) is 11.5 Å². The molecule has 0 unspecified atom stereocenters. The smallest absolute Gasteiger partial charge is 0.159 e. The van der Waals surface area contributed by atoms with Crippen LogP contribution in [0.1, 0.15) is 170 Å². The van der Waals surface area contributed by atoms with E-state index in [9.17, 15) is 47.9 Å². The van der Waals surface area contributed by atoms with Gasteiger partial charge in [0, 0.05) is 28.2 Å². The lowest BCUT2D eigenvalue weighted by Gasteiger charge is -2.17. The quantitative estimate of drug-likeness (QED) is 0.101. The van der Waals surface area contributed by atoms with E-state index >= 15 is 0 Å². The molecule has 0 aromatic heterocycles. The Balaban J connectivity index is 0. The summed E-state index contributed by atoms with van der Waals surface area (Å²) in [5.41, 5.74) is 2.86. The van der Waals surface area contributed by atoms with Crippen molar-refractivity contribution in [2.75, 3.05) is 0 Å². The molecule has 0 bridgehead atoms. The summed E-state index contributed by atoms with van der Waals surface area (Å²) < 4.78 is 5.63. The standard InChI is InChI=1S/C16H14O3.C12H10O.C8H14O.C8H8O.C5H8O2.3C3H6O/c1-11(17)13-3-7-15(8-4-13)19-16-9-5-14(6-10-16)12(2)18;1-9(13)11-7-6-10-4-2-3-5-12(10)8-11;2*1-7(9)8-5-3-2-4-6-8;1-4(6)3-5(2)7;3*1-3(2)4/h3-10H,1-2H3;2-8H,1H3;8H,2-6H2,1H3;2-6H,1H3;3H2,1-2H3;3*1-2H3. The predicted octanol–water partition coefficient (Wildman–Crippen LogP) is 13.3. The highest BCUT2D eigenvalue weighted by molar-refractivity contribution is 5.99. The van der Waals surface area contributed by atoms with E-state index in [0.717, 1.165) is 29.4 Å². The van der Waals surface area contributed by atoms with Gasteiger partial charge >= 0.3 is 0 Å². The van der Waals surface area contributed by atoms with E-state index in [4.69, 9.17) is 4.74 Å². The molecule has 5 aromatic rings. The third-order valence-electron chi connectivity index (χ3n) is 8.77. The summed E-state index contributed by atoms with van der Waals surface area (Å²) in [5, 5.41) is 2.29. The van der Waals surface area contributed by atoms with Crippen LogP contribution in [0.4, 0.5) is 0 Å². The Labute approximate surface area is 409 Å². The first-order valence-corrected chi connectivity index (χ1v) is 22.6. The molecule has 69 heavy (non-hydrogen) atoms. The Hall–Kier alpha value is -7.14. The first kappa shape index (κ1) is 63.9. The average Bonchev–Trinajstić information content (AvgIpc) is 3.27. The zero-order valence-corrected chi connectivity index (χ0v) is 42.9. The topological polar surface area (TPSA) is 180 Å². The minimum absolute atomic E-state index is 0.0253. The maximum atomic E-state index is 11.1. The highest BCUT2D eigenvalue weighted by Gasteiger charge is 2.16. The number of Topliss-reactive ketones (excluding diaryl/α,β-unsaturated/α-hetero) is 10. The Kier molecular flexibility index (Phi) is 34.2. The Morgan fingerprint density at radius 2 is 0.696 bits per heavy atom. The van der Waals surface area contributed by atoms with E-state index in [2.05, 4.69) is 0 Å². The van der Waals surface area contributed by atoms with Crippen LogP contribution in [-0.2, 0) is 28.8 Å². The number of carbonyl (C=O) groups is 10. The van der Waals surface area contributed by atoms with E-state index in [1.165, 1.54) is 93.9 Å². The molecule has 0 aliphatic heterocycles. The fourth-order valence-electron chi connectivity index (χ4n) is 5.59. The molecule has 11 nitrogen and oxygen atoms in total. The van der Waals surface area contributed by atoms with Gasteiger partial charge in [0.2, 0.25) is 0 Å². The van der Waals surface area contributed by atoms with Crippen LogP contribution in [0.15, 0.2) is 121 Å². The number of ether oxygens (including phenoxy) is 1. The molecule has 0 N–H and O–H groups in total. The molecule has 370 valence electrons. The molecule has 1 saturated carbocycles. The zero-order chi connectivity index (χ0) is 53.1. The van der Waals surface area contributed by atoms with Gasteiger partial charge in [-0.05, 0) is 168 Å².